The smallest absolute Gasteiger partial charge is 0.197 e. The minimum Gasteiger partial charge on any atom is -0.492 e. The first kappa shape index (κ1) is 12.7. The van der Waals surface area contributed by atoms with Crippen LogP contribution >= 0.6 is 0 Å². The number of aliphatic hydroxyl groups excluding tert-OH is 1. The molecule has 0 heterocycles. The fraction of sp³-hybridized carbons (Fsp3) is 0.455. The number of aliphatic hydroxyl groups is 1. The van der Waals surface area contributed by atoms with Crippen molar-refractivity contribution in [2.45, 2.75) is 13.0 Å². The molecular formula is C11H16FNO3. The van der Waals surface area contributed by atoms with Gasteiger partial charge in [-0.1, -0.05) is 0 Å². The lowest BCUT2D eigenvalue weighted by atomic mass is 10.0. The zero-order valence-corrected chi connectivity index (χ0v) is 9.58. The molecule has 0 fully saturated rings. The third-order valence-corrected chi connectivity index (χ3v) is 2.48. The van der Waals surface area contributed by atoms with Crippen molar-refractivity contribution < 1.29 is 19.0 Å². The number of hydrogen-bond donors (Lipinski definition) is 2. The van der Waals surface area contributed by atoms with E-state index in [4.69, 9.17) is 20.3 Å². The molecule has 1 atom stereocenters. The van der Waals surface area contributed by atoms with Gasteiger partial charge in [0.1, 0.15) is 0 Å². The van der Waals surface area contributed by atoms with Crippen molar-refractivity contribution in [2.24, 2.45) is 5.73 Å². The number of methoxy groups -OCH3 is 2. The second-order valence-corrected chi connectivity index (χ2v) is 3.43. The second-order valence-electron chi connectivity index (χ2n) is 3.43. The first-order chi connectivity index (χ1) is 7.56. The lowest BCUT2D eigenvalue weighted by Crippen LogP contribution is -2.16. The Hall–Kier alpha value is -1.33. The Balaban J connectivity index is 3.39. The summed E-state index contributed by atoms with van der Waals surface area (Å²) in [5.41, 5.74) is 6.85. The van der Waals surface area contributed by atoms with E-state index in [1.807, 2.05) is 0 Å². The highest BCUT2D eigenvalue weighted by Crippen LogP contribution is 2.37. The molecule has 0 saturated carbocycles. The average Bonchev–Trinajstić information content (AvgIpc) is 2.29. The zero-order chi connectivity index (χ0) is 12.3. The maximum absolute atomic E-state index is 13.6. The molecule has 1 rings (SSSR count). The molecule has 0 bridgehead atoms. The molecule has 0 aliphatic rings. The molecule has 0 saturated heterocycles. The highest BCUT2D eigenvalue weighted by atomic mass is 19.1. The van der Waals surface area contributed by atoms with E-state index in [2.05, 4.69) is 0 Å². The summed E-state index contributed by atoms with van der Waals surface area (Å²) in [5, 5.41) is 8.97. The largest absolute Gasteiger partial charge is 0.492 e. The van der Waals surface area contributed by atoms with Crippen molar-refractivity contribution in [1.29, 1.82) is 0 Å². The van der Waals surface area contributed by atoms with Crippen LogP contribution in [0, 0.1) is 12.7 Å². The van der Waals surface area contributed by atoms with E-state index >= 15 is 0 Å². The van der Waals surface area contributed by atoms with Gasteiger partial charge >= 0.3 is 0 Å². The topological polar surface area (TPSA) is 64.7 Å². The van der Waals surface area contributed by atoms with Gasteiger partial charge in [0.05, 0.1) is 26.9 Å². The Labute approximate surface area is 93.8 Å². The Morgan fingerprint density at radius 2 is 1.94 bits per heavy atom. The highest BCUT2D eigenvalue weighted by molar-refractivity contribution is 5.52. The van der Waals surface area contributed by atoms with Gasteiger partial charge in [-0.3, -0.25) is 0 Å². The molecule has 4 nitrogen and oxygen atoms in total. The summed E-state index contributed by atoms with van der Waals surface area (Å²) in [5.74, 6) is -0.195. The molecule has 0 amide bonds. The van der Waals surface area contributed by atoms with Crippen LogP contribution in [0.5, 0.6) is 11.5 Å². The lowest BCUT2D eigenvalue weighted by Gasteiger charge is -2.18. The van der Waals surface area contributed by atoms with Crippen LogP contribution in [-0.4, -0.2) is 25.9 Å². The summed E-state index contributed by atoms with van der Waals surface area (Å²) in [6, 6.07) is 0.631. The van der Waals surface area contributed by atoms with Crippen LogP contribution in [-0.2, 0) is 0 Å². The molecule has 5 heteroatoms. The van der Waals surface area contributed by atoms with Gasteiger partial charge in [0.15, 0.2) is 17.3 Å². The van der Waals surface area contributed by atoms with Gasteiger partial charge in [0.25, 0.3) is 0 Å². The van der Waals surface area contributed by atoms with Crippen LogP contribution in [0.1, 0.15) is 17.2 Å². The summed E-state index contributed by atoms with van der Waals surface area (Å²) in [6.07, 6.45) is 0. The van der Waals surface area contributed by atoms with Gasteiger partial charge in [-0.05, 0) is 24.1 Å². The SMILES string of the molecule is COc1c(F)cc(C(N)CO)c(C)c1OC. The number of hydrogen-bond acceptors (Lipinski definition) is 4. The molecular weight excluding hydrogens is 213 g/mol. The third-order valence-electron chi connectivity index (χ3n) is 2.48. The van der Waals surface area contributed by atoms with Crippen molar-refractivity contribution in [2.75, 3.05) is 20.8 Å². The number of ether oxygens (including phenoxy) is 2. The fourth-order valence-corrected chi connectivity index (χ4v) is 1.64. The molecule has 3 N–H and O–H groups in total. The Kier molecular flexibility index (Phi) is 4.09. The van der Waals surface area contributed by atoms with Crippen molar-refractivity contribution in [3.63, 3.8) is 0 Å². The first-order valence-electron chi connectivity index (χ1n) is 4.84. The van der Waals surface area contributed by atoms with Gasteiger partial charge < -0.3 is 20.3 Å². The van der Waals surface area contributed by atoms with Crippen molar-refractivity contribution >= 4 is 0 Å². The van der Waals surface area contributed by atoms with Crippen LogP contribution in [0.3, 0.4) is 0 Å². The highest BCUT2D eigenvalue weighted by Gasteiger charge is 2.19. The standard InChI is InChI=1S/C11H16FNO3/c1-6-7(9(13)5-14)4-8(12)11(16-3)10(6)15-2/h4,9,14H,5,13H2,1-3H3. The predicted octanol–water partition coefficient (Wildman–Crippen LogP) is 1.14. The van der Waals surface area contributed by atoms with E-state index in [9.17, 15) is 4.39 Å². The van der Waals surface area contributed by atoms with E-state index in [1.54, 1.807) is 6.92 Å². The lowest BCUT2D eigenvalue weighted by molar-refractivity contribution is 0.266. The average molecular weight is 229 g/mol. The van der Waals surface area contributed by atoms with E-state index in [0.29, 0.717) is 16.9 Å². The zero-order valence-electron chi connectivity index (χ0n) is 9.58. The van der Waals surface area contributed by atoms with Crippen LogP contribution in [0.4, 0.5) is 4.39 Å². The van der Waals surface area contributed by atoms with Crippen LogP contribution in [0.15, 0.2) is 6.07 Å². The molecule has 16 heavy (non-hydrogen) atoms. The summed E-state index contributed by atoms with van der Waals surface area (Å²) in [7, 11) is 2.80. The van der Waals surface area contributed by atoms with Crippen LogP contribution in [0.25, 0.3) is 0 Å². The van der Waals surface area contributed by atoms with Gasteiger partial charge in [0.2, 0.25) is 0 Å². The summed E-state index contributed by atoms with van der Waals surface area (Å²) >= 11 is 0. The molecule has 1 aromatic rings. The minimum absolute atomic E-state index is 0.0499. The maximum atomic E-state index is 13.6. The molecule has 0 radical (unpaired) electrons. The van der Waals surface area contributed by atoms with E-state index in [-0.39, 0.29) is 12.4 Å². The normalized spacial score (nSPS) is 12.4. The summed E-state index contributed by atoms with van der Waals surface area (Å²) in [4.78, 5) is 0. The van der Waals surface area contributed by atoms with E-state index in [1.165, 1.54) is 20.3 Å². The third kappa shape index (κ3) is 2.10. The molecule has 0 aromatic heterocycles. The van der Waals surface area contributed by atoms with Crippen molar-refractivity contribution in [1.82, 2.24) is 0 Å². The number of benzene rings is 1. The monoisotopic (exact) mass is 229 g/mol. The minimum atomic E-state index is -0.630. The van der Waals surface area contributed by atoms with Gasteiger partial charge in [0, 0.05) is 0 Å². The second kappa shape index (κ2) is 5.14. The quantitative estimate of drug-likeness (QED) is 0.812. The van der Waals surface area contributed by atoms with Gasteiger partial charge in [-0.2, -0.15) is 0 Å². The van der Waals surface area contributed by atoms with Gasteiger partial charge in [-0.15, -0.1) is 0 Å². The fourth-order valence-electron chi connectivity index (χ4n) is 1.64. The Morgan fingerprint density at radius 1 is 1.38 bits per heavy atom. The number of halogens is 1. The first-order valence-corrected chi connectivity index (χ1v) is 4.84. The van der Waals surface area contributed by atoms with E-state index in [0.717, 1.165) is 0 Å². The predicted molar refractivity (Wildman–Crippen MR) is 58.3 cm³/mol. The van der Waals surface area contributed by atoms with Crippen molar-refractivity contribution in [3.05, 3.63) is 23.0 Å². The molecule has 0 aliphatic heterocycles. The van der Waals surface area contributed by atoms with Crippen LogP contribution < -0.4 is 15.2 Å². The number of rotatable bonds is 4. The Bertz CT molecular complexity index is 382. The molecule has 1 unspecified atom stereocenters. The maximum Gasteiger partial charge on any atom is 0.197 e. The van der Waals surface area contributed by atoms with Crippen molar-refractivity contribution in [3.8, 4) is 11.5 Å². The van der Waals surface area contributed by atoms with Gasteiger partial charge in [-0.25, -0.2) is 4.39 Å². The van der Waals surface area contributed by atoms with E-state index < -0.39 is 11.9 Å². The Morgan fingerprint density at radius 3 is 2.38 bits per heavy atom. The summed E-state index contributed by atoms with van der Waals surface area (Å²) in [6.45, 7) is 1.49. The summed E-state index contributed by atoms with van der Waals surface area (Å²) < 4.78 is 23.6. The van der Waals surface area contributed by atoms with Crippen LogP contribution in [0.2, 0.25) is 0 Å². The molecule has 1 aromatic carbocycles. The molecule has 0 spiro atoms. The molecule has 90 valence electrons. The molecule has 0 aliphatic carbocycles. The number of nitrogens with two attached hydrogens (primary N) is 1.